The maximum Gasteiger partial charge on any atom is 0.331 e. The molecule has 2 aromatic rings. The van der Waals surface area contributed by atoms with Crippen LogP contribution in [0.15, 0.2) is 48.5 Å². The standard InChI is InChI=1S/C20H18O3/c1-3-23-20(21)13-19-17-7-5-4-6-14(17)8-9-15-10-11-16(22-2)12-18(15)19/h4-13H,3H2,1-2H3. The molecule has 0 amide bonds. The Kier molecular flexibility index (Phi) is 4.29. The molecule has 3 heteroatoms. The van der Waals surface area contributed by atoms with Crippen molar-refractivity contribution in [1.82, 2.24) is 0 Å². The van der Waals surface area contributed by atoms with Crippen molar-refractivity contribution < 1.29 is 14.3 Å². The maximum absolute atomic E-state index is 12.0. The molecule has 0 atom stereocenters. The van der Waals surface area contributed by atoms with E-state index in [0.717, 1.165) is 33.6 Å². The molecule has 0 fully saturated rings. The highest BCUT2D eigenvalue weighted by Gasteiger charge is 2.17. The zero-order chi connectivity index (χ0) is 16.2. The van der Waals surface area contributed by atoms with Crippen molar-refractivity contribution in [2.45, 2.75) is 6.92 Å². The number of methoxy groups -OCH3 is 1. The first-order valence-electron chi connectivity index (χ1n) is 7.57. The minimum atomic E-state index is -0.340. The Bertz CT molecular complexity index is 800. The van der Waals surface area contributed by atoms with E-state index < -0.39 is 0 Å². The second-order valence-corrected chi connectivity index (χ2v) is 5.18. The highest BCUT2D eigenvalue weighted by molar-refractivity contribution is 6.01. The molecule has 0 unspecified atom stereocenters. The van der Waals surface area contributed by atoms with E-state index in [0.29, 0.717) is 6.61 Å². The van der Waals surface area contributed by atoms with E-state index in [-0.39, 0.29) is 5.97 Å². The highest BCUT2D eigenvalue weighted by Crippen LogP contribution is 2.35. The molecule has 0 aromatic heterocycles. The first-order valence-corrected chi connectivity index (χ1v) is 7.57. The van der Waals surface area contributed by atoms with Gasteiger partial charge < -0.3 is 9.47 Å². The molecule has 2 aromatic carbocycles. The van der Waals surface area contributed by atoms with Crippen LogP contribution in [0.4, 0.5) is 0 Å². The van der Waals surface area contributed by atoms with E-state index in [2.05, 4.69) is 12.2 Å². The molecule has 0 saturated heterocycles. The molecule has 0 bridgehead atoms. The maximum atomic E-state index is 12.0. The van der Waals surface area contributed by atoms with Gasteiger partial charge in [0, 0.05) is 6.08 Å². The fraction of sp³-hybridized carbons (Fsp3) is 0.150. The fourth-order valence-electron chi connectivity index (χ4n) is 2.71. The van der Waals surface area contributed by atoms with Crippen LogP contribution < -0.4 is 4.74 Å². The number of ether oxygens (including phenoxy) is 2. The number of fused-ring (bicyclic) bond motifs is 2. The average Bonchev–Trinajstić information content (AvgIpc) is 2.72. The minimum Gasteiger partial charge on any atom is -0.497 e. The number of esters is 1. The third kappa shape index (κ3) is 3.04. The number of hydrogen-bond acceptors (Lipinski definition) is 3. The van der Waals surface area contributed by atoms with Gasteiger partial charge >= 0.3 is 5.97 Å². The van der Waals surface area contributed by atoms with E-state index in [1.54, 1.807) is 20.1 Å². The molecule has 0 aliphatic heterocycles. The van der Waals surface area contributed by atoms with Crippen LogP contribution in [0.25, 0.3) is 17.7 Å². The summed E-state index contributed by atoms with van der Waals surface area (Å²) in [6.45, 7) is 2.16. The summed E-state index contributed by atoms with van der Waals surface area (Å²) < 4.78 is 10.4. The van der Waals surface area contributed by atoms with Crippen molar-refractivity contribution in [2.75, 3.05) is 13.7 Å². The predicted octanol–water partition coefficient (Wildman–Crippen LogP) is 4.17. The molecule has 3 rings (SSSR count). The third-order valence-electron chi connectivity index (χ3n) is 3.79. The molecule has 23 heavy (non-hydrogen) atoms. The van der Waals surface area contributed by atoms with Crippen LogP contribution in [0.5, 0.6) is 5.75 Å². The van der Waals surface area contributed by atoms with Crippen molar-refractivity contribution in [2.24, 2.45) is 0 Å². The average molecular weight is 306 g/mol. The lowest BCUT2D eigenvalue weighted by Gasteiger charge is -2.13. The SMILES string of the molecule is CCOC(=O)C=C1c2ccccc2C=Cc2ccc(OC)cc21. The summed E-state index contributed by atoms with van der Waals surface area (Å²) in [6, 6.07) is 13.9. The van der Waals surface area contributed by atoms with Crippen molar-refractivity contribution in [3.63, 3.8) is 0 Å². The third-order valence-corrected chi connectivity index (χ3v) is 3.79. The Morgan fingerprint density at radius 2 is 1.78 bits per heavy atom. The van der Waals surface area contributed by atoms with Crippen LogP contribution in [-0.4, -0.2) is 19.7 Å². The number of carbonyl (C=O) groups excluding carboxylic acids is 1. The predicted molar refractivity (Wildman–Crippen MR) is 92.1 cm³/mol. The number of carbonyl (C=O) groups is 1. The van der Waals surface area contributed by atoms with Gasteiger partial charge in [-0.15, -0.1) is 0 Å². The number of benzene rings is 2. The Morgan fingerprint density at radius 1 is 1.04 bits per heavy atom. The lowest BCUT2D eigenvalue weighted by atomic mass is 9.93. The van der Waals surface area contributed by atoms with Crippen molar-refractivity contribution in [1.29, 1.82) is 0 Å². The van der Waals surface area contributed by atoms with Crippen LogP contribution in [0.2, 0.25) is 0 Å². The van der Waals surface area contributed by atoms with Crippen LogP contribution in [0, 0.1) is 0 Å². The second kappa shape index (κ2) is 6.53. The Hall–Kier alpha value is -2.81. The lowest BCUT2D eigenvalue weighted by Crippen LogP contribution is -2.03. The van der Waals surface area contributed by atoms with Crippen LogP contribution in [-0.2, 0) is 9.53 Å². The van der Waals surface area contributed by atoms with E-state index in [9.17, 15) is 4.79 Å². The summed E-state index contributed by atoms with van der Waals surface area (Å²) in [6.07, 6.45) is 5.68. The zero-order valence-corrected chi connectivity index (χ0v) is 13.2. The van der Waals surface area contributed by atoms with Crippen molar-refractivity contribution in [3.8, 4) is 5.75 Å². The molecule has 0 spiro atoms. The monoisotopic (exact) mass is 306 g/mol. The summed E-state index contributed by atoms with van der Waals surface area (Å²) >= 11 is 0. The van der Waals surface area contributed by atoms with Crippen LogP contribution in [0.1, 0.15) is 29.2 Å². The zero-order valence-electron chi connectivity index (χ0n) is 13.2. The largest absolute Gasteiger partial charge is 0.497 e. The molecule has 116 valence electrons. The number of hydrogen-bond donors (Lipinski definition) is 0. The first kappa shape index (κ1) is 15.1. The summed E-state index contributed by atoms with van der Waals surface area (Å²) in [4.78, 5) is 12.0. The fourth-order valence-corrected chi connectivity index (χ4v) is 2.71. The summed E-state index contributed by atoms with van der Waals surface area (Å²) in [5.74, 6) is 0.416. The van der Waals surface area contributed by atoms with Crippen molar-refractivity contribution >= 4 is 23.7 Å². The van der Waals surface area contributed by atoms with Gasteiger partial charge in [0.25, 0.3) is 0 Å². The summed E-state index contributed by atoms with van der Waals surface area (Å²) in [5, 5.41) is 0. The summed E-state index contributed by atoms with van der Waals surface area (Å²) in [5.41, 5.74) is 4.91. The number of rotatable bonds is 3. The molecular formula is C20H18O3. The second-order valence-electron chi connectivity index (χ2n) is 5.18. The van der Waals surface area contributed by atoms with E-state index in [1.165, 1.54) is 0 Å². The molecule has 0 radical (unpaired) electrons. The van der Waals surface area contributed by atoms with Gasteiger partial charge in [0.1, 0.15) is 5.75 Å². The lowest BCUT2D eigenvalue weighted by molar-refractivity contribution is -0.137. The Morgan fingerprint density at radius 3 is 2.52 bits per heavy atom. The molecule has 0 N–H and O–H groups in total. The summed E-state index contributed by atoms with van der Waals surface area (Å²) in [7, 11) is 1.64. The molecular weight excluding hydrogens is 288 g/mol. The molecule has 1 aliphatic carbocycles. The molecule has 0 heterocycles. The van der Waals surface area contributed by atoms with E-state index >= 15 is 0 Å². The van der Waals surface area contributed by atoms with Gasteiger partial charge in [0.2, 0.25) is 0 Å². The van der Waals surface area contributed by atoms with Gasteiger partial charge in [0.05, 0.1) is 13.7 Å². The van der Waals surface area contributed by atoms with Gasteiger partial charge in [-0.1, -0.05) is 42.5 Å². The molecule has 1 aliphatic rings. The molecule has 0 saturated carbocycles. The van der Waals surface area contributed by atoms with Gasteiger partial charge in [-0.25, -0.2) is 4.79 Å². The van der Waals surface area contributed by atoms with Gasteiger partial charge in [-0.3, -0.25) is 0 Å². The van der Waals surface area contributed by atoms with E-state index in [4.69, 9.17) is 9.47 Å². The highest BCUT2D eigenvalue weighted by atomic mass is 16.5. The smallest absolute Gasteiger partial charge is 0.331 e. The van der Waals surface area contributed by atoms with Crippen LogP contribution in [0.3, 0.4) is 0 Å². The first-order chi connectivity index (χ1) is 11.2. The molecule has 3 nitrogen and oxygen atoms in total. The normalized spacial score (nSPS) is 13.9. The van der Waals surface area contributed by atoms with E-state index in [1.807, 2.05) is 42.5 Å². The Balaban J connectivity index is 2.23. The topological polar surface area (TPSA) is 35.5 Å². The van der Waals surface area contributed by atoms with Gasteiger partial charge in [-0.2, -0.15) is 0 Å². The minimum absolute atomic E-state index is 0.340. The van der Waals surface area contributed by atoms with Gasteiger partial charge in [0.15, 0.2) is 0 Å². The van der Waals surface area contributed by atoms with Crippen LogP contribution >= 0.6 is 0 Å². The van der Waals surface area contributed by atoms with Crippen molar-refractivity contribution in [3.05, 3.63) is 70.8 Å². The quantitative estimate of drug-likeness (QED) is 0.538. The Labute approximate surface area is 135 Å². The van der Waals surface area contributed by atoms with Gasteiger partial charge in [-0.05, 0) is 46.9 Å².